The summed E-state index contributed by atoms with van der Waals surface area (Å²) in [6.07, 6.45) is 6.82. The molecule has 2 aromatic rings. The van der Waals surface area contributed by atoms with Crippen LogP contribution in [0.1, 0.15) is 49.7 Å². The molecule has 0 aromatic heterocycles. The second kappa shape index (κ2) is 12.5. The first-order chi connectivity index (χ1) is 17.1. The van der Waals surface area contributed by atoms with Crippen molar-refractivity contribution in [3.05, 3.63) is 65.5 Å². The summed E-state index contributed by atoms with van der Waals surface area (Å²) in [5.74, 6) is 0.997. The number of hydrogen-bond donors (Lipinski definition) is 0. The van der Waals surface area contributed by atoms with Gasteiger partial charge in [-0.05, 0) is 55.2 Å². The molecular weight excluding hydrogens is 443 g/mol. The Bertz CT molecular complexity index is 958. The third-order valence-electron chi connectivity index (χ3n) is 7.65. The van der Waals surface area contributed by atoms with Gasteiger partial charge in [0.05, 0.1) is 13.0 Å². The van der Waals surface area contributed by atoms with E-state index in [0.29, 0.717) is 26.2 Å². The summed E-state index contributed by atoms with van der Waals surface area (Å²) in [5.41, 5.74) is 2.12. The molecule has 0 unspecified atom stereocenters. The minimum absolute atomic E-state index is 0.127. The molecule has 0 N–H and O–H groups in total. The van der Waals surface area contributed by atoms with E-state index in [1.165, 1.54) is 5.56 Å². The van der Waals surface area contributed by atoms with Gasteiger partial charge in [0.25, 0.3) is 0 Å². The average Bonchev–Trinajstić information content (AvgIpc) is 2.87. The fraction of sp³-hybridized carbons (Fsp3) is 0.552. The molecular formula is C29H39FN2O3. The fourth-order valence-corrected chi connectivity index (χ4v) is 5.57. The van der Waals surface area contributed by atoms with E-state index in [9.17, 15) is 9.18 Å². The van der Waals surface area contributed by atoms with Crippen molar-refractivity contribution in [3.63, 3.8) is 0 Å². The number of carbonyl (C=O) groups excluding carboxylic acids is 1. The maximum Gasteiger partial charge on any atom is 0.224 e. The quantitative estimate of drug-likeness (QED) is 0.596. The highest BCUT2D eigenvalue weighted by Gasteiger charge is 2.37. The number of halogens is 1. The summed E-state index contributed by atoms with van der Waals surface area (Å²) in [6, 6.07) is 15.4. The van der Waals surface area contributed by atoms with Gasteiger partial charge in [0.1, 0.15) is 18.2 Å². The SMILES string of the molecule is COCCC(=O)N1CCC2(CCCCc3ccccc3OCCN(Cc3ccccc3F)C2)CC1. The average molecular weight is 483 g/mol. The fourth-order valence-electron chi connectivity index (χ4n) is 5.57. The van der Waals surface area contributed by atoms with E-state index in [2.05, 4.69) is 23.1 Å². The largest absolute Gasteiger partial charge is 0.492 e. The van der Waals surface area contributed by atoms with Crippen molar-refractivity contribution in [2.75, 3.05) is 46.5 Å². The van der Waals surface area contributed by atoms with Crippen molar-refractivity contribution in [2.45, 2.75) is 51.5 Å². The summed E-state index contributed by atoms with van der Waals surface area (Å²) >= 11 is 0. The van der Waals surface area contributed by atoms with E-state index in [-0.39, 0.29) is 17.1 Å². The highest BCUT2D eigenvalue weighted by atomic mass is 19.1. The van der Waals surface area contributed by atoms with Crippen molar-refractivity contribution >= 4 is 5.91 Å². The first-order valence-electron chi connectivity index (χ1n) is 13.0. The number of nitrogens with zero attached hydrogens (tertiary/aromatic N) is 2. The molecule has 2 aliphatic rings. The molecule has 2 aliphatic heterocycles. The zero-order chi connectivity index (χ0) is 24.5. The standard InChI is InChI=1S/C29H39FN2O3/c1-34-20-13-28(33)32-17-15-29(16-18-32)14-7-6-9-24-8-3-5-12-27(24)35-21-19-31(23-29)22-25-10-2-4-11-26(25)30/h2-5,8,10-12H,6-7,9,13-23H2,1H3. The molecule has 0 bridgehead atoms. The number of amides is 1. The second-order valence-electron chi connectivity index (χ2n) is 10.1. The van der Waals surface area contributed by atoms with E-state index < -0.39 is 0 Å². The third kappa shape index (κ3) is 7.05. The van der Waals surface area contributed by atoms with Crippen LogP contribution in [0.3, 0.4) is 0 Å². The molecule has 1 fully saturated rings. The van der Waals surface area contributed by atoms with Crippen LogP contribution < -0.4 is 4.74 Å². The van der Waals surface area contributed by atoms with Crippen LogP contribution in [0, 0.1) is 11.2 Å². The molecule has 0 radical (unpaired) electrons. The number of hydrogen-bond acceptors (Lipinski definition) is 4. The molecule has 190 valence electrons. The normalized spacial score (nSPS) is 19.3. The Labute approximate surface area is 209 Å². The van der Waals surface area contributed by atoms with Gasteiger partial charge in [-0.1, -0.05) is 42.8 Å². The van der Waals surface area contributed by atoms with Crippen LogP contribution >= 0.6 is 0 Å². The number of aryl methyl sites for hydroxylation is 1. The minimum Gasteiger partial charge on any atom is -0.492 e. The number of ether oxygens (including phenoxy) is 2. The number of benzene rings is 2. The second-order valence-corrected chi connectivity index (χ2v) is 10.1. The molecule has 2 aromatic carbocycles. The van der Waals surface area contributed by atoms with Crippen LogP contribution in [-0.2, 0) is 22.5 Å². The lowest BCUT2D eigenvalue weighted by Gasteiger charge is -2.45. The molecule has 0 saturated carbocycles. The number of carbonyl (C=O) groups is 1. The Morgan fingerprint density at radius 1 is 1.03 bits per heavy atom. The predicted octanol–water partition coefficient (Wildman–Crippen LogP) is 5.08. The smallest absolute Gasteiger partial charge is 0.224 e. The van der Waals surface area contributed by atoms with Crippen molar-refractivity contribution in [3.8, 4) is 5.75 Å². The Balaban J connectivity index is 1.51. The summed E-state index contributed by atoms with van der Waals surface area (Å²) in [4.78, 5) is 16.9. The predicted molar refractivity (Wildman–Crippen MR) is 136 cm³/mol. The van der Waals surface area contributed by atoms with Gasteiger partial charge in [-0.3, -0.25) is 9.69 Å². The van der Waals surface area contributed by atoms with Crippen LogP contribution in [0.5, 0.6) is 5.75 Å². The van der Waals surface area contributed by atoms with E-state index in [1.807, 2.05) is 23.1 Å². The van der Waals surface area contributed by atoms with Crippen molar-refractivity contribution < 1.29 is 18.7 Å². The van der Waals surface area contributed by atoms with E-state index in [0.717, 1.165) is 76.0 Å². The maximum absolute atomic E-state index is 14.6. The van der Waals surface area contributed by atoms with Gasteiger partial charge in [-0.2, -0.15) is 0 Å². The Morgan fingerprint density at radius 3 is 2.60 bits per heavy atom. The molecule has 1 spiro atoms. The van der Waals surface area contributed by atoms with Crippen LogP contribution in [-0.4, -0.2) is 62.2 Å². The highest BCUT2D eigenvalue weighted by molar-refractivity contribution is 5.76. The zero-order valence-corrected chi connectivity index (χ0v) is 21.0. The lowest BCUT2D eigenvalue weighted by molar-refractivity contribution is -0.134. The van der Waals surface area contributed by atoms with Gasteiger partial charge in [0.2, 0.25) is 5.91 Å². The molecule has 0 aliphatic carbocycles. The first kappa shape index (κ1) is 25.6. The number of para-hydroxylation sites is 1. The topological polar surface area (TPSA) is 42.0 Å². The van der Waals surface area contributed by atoms with Gasteiger partial charge in [0, 0.05) is 45.4 Å². The zero-order valence-electron chi connectivity index (χ0n) is 21.0. The van der Waals surface area contributed by atoms with E-state index in [1.54, 1.807) is 19.2 Å². The van der Waals surface area contributed by atoms with E-state index in [4.69, 9.17) is 9.47 Å². The van der Waals surface area contributed by atoms with Gasteiger partial charge in [0.15, 0.2) is 0 Å². The monoisotopic (exact) mass is 482 g/mol. The molecule has 6 heteroatoms. The van der Waals surface area contributed by atoms with Crippen LogP contribution in [0.4, 0.5) is 4.39 Å². The van der Waals surface area contributed by atoms with Gasteiger partial charge >= 0.3 is 0 Å². The molecule has 0 atom stereocenters. The summed E-state index contributed by atoms with van der Waals surface area (Å²) in [6.45, 7) is 4.82. The summed E-state index contributed by atoms with van der Waals surface area (Å²) in [7, 11) is 1.63. The summed E-state index contributed by atoms with van der Waals surface area (Å²) in [5, 5.41) is 0. The van der Waals surface area contributed by atoms with Crippen LogP contribution in [0.2, 0.25) is 0 Å². The molecule has 5 nitrogen and oxygen atoms in total. The Morgan fingerprint density at radius 2 is 1.80 bits per heavy atom. The van der Waals surface area contributed by atoms with Gasteiger partial charge in [-0.25, -0.2) is 4.39 Å². The number of rotatable bonds is 5. The maximum atomic E-state index is 14.6. The van der Waals surface area contributed by atoms with Crippen LogP contribution in [0.15, 0.2) is 48.5 Å². The molecule has 2 heterocycles. The first-order valence-corrected chi connectivity index (χ1v) is 13.0. The Kier molecular flexibility index (Phi) is 9.16. The number of piperidine rings is 1. The number of likely N-dealkylation sites (tertiary alicyclic amines) is 1. The van der Waals surface area contributed by atoms with Gasteiger partial charge in [-0.15, -0.1) is 0 Å². The Hall–Kier alpha value is -2.44. The van der Waals surface area contributed by atoms with E-state index >= 15 is 0 Å². The molecule has 35 heavy (non-hydrogen) atoms. The van der Waals surface area contributed by atoms with Crippen molar-refractivity contribution in [1.29, 1.82) is 0 Å². The lowest BCUT2D eigenvalue weighted by atomic mass is 9.73. The third-order valence-corrected chi connectivity index (χ3v) is 7.65. The van der Waals surface area contributed by atoms with Crippen LogP contribution in [0.25, 0.3) is 0 Å². The summed E-state index contributed by atoms with van der Waals surface area (Å²) < 4.78 is 25.9. The number of methoxy groups -OCH3 is 1. The van der Waals surface area contributed by atoms with Crippen molar-refractivity contribution in [2.24, 2.45) is 5.41 Å². The molecule has 4 rings (SSSR count). The number of fused-ring (bicyclic) bond motifs is 1. The highest BCUT2D eigenvalue weighted by Crippen LogP contribution is 2.39. The minimum atomic E-state index is -0.155. The lowest BCUT2D eigenvalue weighted by Crippen LogP contribution is -2.48. The van der Waals surface area contributed by atoms with Gasteiger partial charge < -0.3 is 14.4 Å². The molecule has 1 saturated heterocycles. The molecule has 1 amide bonds. The van der Waals surface area contributed by atoms with Crippen molar-refractivity contribution in [1.82, 2.24) is 9.80 Å².